The lowest BCUT2D eigenvalue weighted by atomic mass is 10.7. The molecule has 0 amide bonds. The summed E-state index contributed by atoms with van der Waals surface area (Å²) < 4.78 is 22.6. The van der Waals surface area contributed by atoms with Crippen LogP contribution in [0.15, 0.2) is 4.90 Å². The molecule has 13 heavy (non-hydrogen) atoms. The number of halogens is 2. The van der Waals surface area contributed by atoms with Gasteiger partial charge < -0.3 is 0 Å². The quantitative estimate of drug-likeness (QED) is 0.578. The monoisotopic (exact) mass is 239 g/mol. The first-order valence-corrected chi connectivity index (χ1v) is 5.71. The van der Waals surface area contributed by atoms with Crippen molar-refractivity contribution in [3.05, 3.63) is 16.6 Å². The van der Waals surface area contributed by atoms with Crippen LogP contribution in [0.1, 0.15) is 6.92 Å². The molecule has 7 heteroatoms. The third-order valence-corrected chi connectivity index (χ3v) is 3.54. The van der Waals surface area contributed by atoms with Crippen LogP contribution in [-0.2, 0) is 9.84 Å². The molecule has 0 saturated carbocycles. The van der Waals surface area contributed by atoms with Crippen molar-refractivity contribution < 1.29 is 8.42 Å². The molecule has 4 nitrogen and oxygen atoms in total. The highest BCUT2D eigenvalue weighted by Crippen LogP contribution is 2.19. The van der Waals surface area contributed by atoms with Gasteiger partial charge in [0.15, 0.2) is 15.0 Å². The summed E-state index contributed by atoms with van der Waals surface area (Å²) in [6.45, 7) is 1.49. The fraction of sp³-hybridized carbons (Fsp3) is 0.333. The van der Waals surface area contributed by atoms with Gasteiger partial charge in [0, 0.05) is 0 Å². The van der Waals surface area contributed by atoms with Crippen molar-refractivity contribution in [2.75, 3.05) is 5.75 Å². The number of rotatable bonds is 2. The Balaban J connectivity index is 3.33. The van der Waals surface area contributed by atoms with Gasteiger partial charge in [0.05, 0.1) is 5.75 Å². The van der Waals surface area contributed by atoms with Crippen LogP contribution in [0, 0.1) is 6.20 Å². The molecule has 1 heterocycles. The van der Waals surface area contributed by atoms with Crippen molar-refractivity contribution in [2.24, 2.45) is 0 Å². The summed E-state index contributed by atoms with van der Waals surface area (Å²) in [6, 6.07) is 0. The van der Waals surface area contributed by atoms with E-state index in [1.54, 1.807) is 0 Å². The van der Waals surface area contributed by atoms with E-state index in [1.165, 1.54) is 6.92 Å². The van der Waals surface area contributed by atoms with Crippen LogP contribution in [0.2, 0.25) is 10.4 Å². The van der Waals surface area contributed by atoms with Gasteiger partial charge in [-0.05, 0) is 11.6 Å². The lowest BCUT2D eigenvalue weighted by Crippen LogP contribution is -2.06. The second-order valence-electron chi connectivity index (χ2n) is 2.13. The van der Waals surface area contributed by atoms with E-state index in [2.05, 4.69) is 16.2 Å². The van der Waals surface area contributed by atoms with E-state index < -0.39 is 9.84 Å². The van der Waals surface area contributed by atoms with Gasteiger partial charge in [0.2, 0.25) is 5.28 Å². The van der Waals surface area contributed by atoms with Gasteiger partial charge in [-0.25, -0.2) is 18.4 Å². The van der Waals surface area contributed by atoms with Crippen LogP contribution in [0.3, 0.4) is 0 Å². The second-order valence-corrected chi connectivity index (χ2v) is 5.04. The van der Waals surface area contributed by atoms with Crippen molar-refractivity contribution in [3.63, 3.8) is 0 Å². The van der Waals surface area contributed by atoms with Gasteiger partial charge in [0.1, 0.15) is 11.1 Å². The van der Waals surface area contributed by atoms with Crippen molar-refractivity contribution in [1.82, 2.24) is 9.97 Å². The van der Waals surface area contributed by atoms with Gasteiger partial charge in [0.25, 0.3) is 0 Å². The fourth-order valence-corrected chi connectivity index (χ4v) is 2.06. The van der Waals surface area contributed by atoms with Crippen molar-refractivity contribution in [2.45, 2.75) is 11.8 Å². The van der Waals surface area contributed by atoms with Crippen LogP contribution in [0.4, 0.5) is 0 Å². The summed E-state index contributed by atoms with van der Waals surface area (Å²) in [7, 11) is -3.42. The average molecular weight is 240 g/mol. The number of hydrogen-bond donors (Lipinski definition) is 0. The van der Waals surface area contributed by atoms with Crippen LogP contribution >= 0.6 is 23.2 Å². The predicted molar refractivity (Wildman–Crippen MR) is 48.6 cm³/mol. The summed E-state index contributed by atoms with van der Waals surface area (Å²) >= 11 is 10.9. The maximum atomic E-state index is 11.3. The zero-order valence-corrected chi connectivity index (χ0v) is 8.91. The fourth-order valence-electron chi connectivity index (χ4n) is 0.642. The number of aromatic nitrogens is 2. The largest absolute Gasteiger partial charge is 0.224 e. The molecule has 0 atom stereocenters. The topological polar surface area (TPSA) is 59.9 Å². The van der Waals surface area contributed by atoms with Crippen molar-refractivity contribution in [3.8, 4) is 0 Å². The Bertz CT molecular complexity index is 419. The van der Waals surface area contributed by atoms with Gasteiger partial charge in [-0.2, -0.15) is 0 Å². The summed E-state index contributed by atoms with van der Waals surface area (Å²) in [5.41, 5.74) is 0. The molecular weight excluding hydrogens is 235 g/mol. The Labute approximate surface area is 85.8 Å². The molecule has 0 fully saturated rings. The van der Waals surface area contributed by atoms with E-state index in [9.17, 15) is 8.42 Å². The molecule has 0 aromatic carbocycles. The molecule has 1 aromatic heterocycles. The molecule has 1 rings (SSSR count). The highest BCUT2D eigenvalue weighted by Gasteiger charge is 2.18. The maximum Gasteiger partial charge on any atom is 0.224 e. The van der Waals surface area contributed by atoms with E-state index in [-0.39, 0.29) is 21.1 Å². The molecule has 0 aliphatic heterocycles. The van der Waals surface area contributed by atoms with Crippen LogP contribution in [-0.4, -0.2) is 24.1 Å². The Kier molecular flexibility index (Phi) is 3.10. The van der Waals surface area contributed by atoms with Gasteiger partial charge in [-0.3, -0.25) is 0 Å². The molecule has 0 aliphatic carbocycles. The lowest BCUT2D eigenvalue weighted by molar-refractivity contribution is 0.596. The minimum Gasteiger partial charge on any atom is -0.224 e. The zero-order valence-electron chi connectivity index (χ0n) is 6.58. The van der Waals surface area contributed by atoms with E-state index in [1.807, 2.05) is 0 Å². The second kappa shape index (κ2) is 3.77. The first kappa shape index (κ1) is 10.7. The Morgan fingerprint density at radius 2 is 2.08 bits per heavy atom. The molecule has 0 bridgehead atoms. The summed E-state index contributed by atoms with van der Waals surface area (Å²) in [6.07, 6.45) is 2.23. The Morgan fingerprint density at radius 1 is 1.46 bits per heavy atom. The predicted octanol–water partition coefficient (Wildman–Crippen LogP) is 1.38. The number of sulfone groups is 1. The minimum absolute atomic E-state index is 0.0752. The smallest absolute Gasteiger partial charge is 0.224 e. The molecular formula is C6H5Cl2N2O2S. The van der Waals surface area contributed by atoms with Crippen molar-refractivity contribution >= 4 is 33.0 Å². The van der Waals surface area contributed by atoms with Crippen LogP contribution in [0.25, 0.3) is 0 Å². The minimum atomic E-state index is -3.42. The normalized spacial score (nSPS) is 11.6. The maximum absolute atomic E-state index is 11.3. The lowest BCUT2D eigenvalue weighted by Gasteiger charge is -2.00. The molecule has 0 aliphatic rings. The van der Waals surface area contributed by atoms with E-state index in [0.717, 1.165) is 0 Å². The summed E-state index contributed by atoms with van der Waals surface area (Å²) in [5, 5.41) is -0.318. The average Bonchev–Trinajstić information content (AvgIpc) is 2.03. The van der Waals surface area contributed by atoms with Crippen LogP contribution in [0.5, 0.6) is 0 Å². The highest BCUT2D eigenvalue weighted by atomic mass is 35.5. The van der Waals surface area contributed by atoms with E-state index >= 15 is 0 Å². The molecule has 0 saturated heterocycles. The molecule has 0 unspecified atom stereocenters. The number of hydrogen-bond acceptors (Lipinski definition) is 4. The molecule has 0 spiro atoms. The van der Waals surface area contributed by atoms with Crippen molar-refractivity contribution in [1.29, 1.82) is 0 Å². The molecule has 0 N–H and O–H groups in total. The first-order chi connectivity index (χ1) is 5.97. The summed E-state index contributed by atoms with van der Waals surface area (Å²) in [4.78, 5) is 6.71. The van der Waals surface area contributed by atoms with E-state index in [0.29, 0.717) is 0 Å². The first-order valence-electron chi connectivity index (χ1n) is 3.31. The SMILES string of the molecule is CCS(=O)(=O)c1[c]nc(Cl)nc1Cl. The van der Waals surface area contributed by atoms with Gasteiger partial charge >= 0.3 is 0 Å². The summed E-state index contributed by atoms with van der Waals surface area (Å²) in [5.74, 6) is -0.0752. The third kappa shape index (κ3) is 2.30. The Morgan fingerprint density at radius 3 is 2.54 bits per heavy atom. The van der Waals surface area contributed by atoms with E-state index in [4.69, 9.17) is 23.2 Å². The standard InChI is InChI=1S/C6H5Cl2N2O2S/c1-2-13(11,12)4-3-9-6(8)10-5(4)7/h2H2,1H3. The van der Waals surface area contributed by atoms with Crippen LogP contribution < -0.4 is 0 Å². The number of nitrogens with zero attached hydrogens (tertiary/aromatic N) is 2. The van der Waals surface area contributed by atoms with Gasteiger partial charge in [-0.1, -0.05) is 18.5 Å². The molecule has 71 valence electrons. The van der Waals surface area contributed by atoms with Gasteiger partial charge in [-0.15, -0.1) is 0 Å². The third-order valence-electron chi connectivity index (χ3n) is 1.32. The molecule has 1 radical (unpaired) electrons. The highest BCUT2D eigenvalue weighted by molar-refractivity contribution is 7.91. The molecule has 1 aromatic rings. The zero-order chi connectivity index (χ0) is 10.1. The Hall–Kier alpha value is -0.390.